The predicted molar refractivity (Wildman–Crippen MR) is 40.5 cm³/mol. The molecule has 0 atom stereocenters. The first-order valence-corrected chi connectivity index (χ1v) is 4.56. The average molecular weight is 130 g/mol. The lowest BCUT2D eigenvalue weighted by Crippen LogP contribution is -2.20. The molecule has 0 aromatic heterocycles. The first kappa shape index (κ1) is 8.18. The first-order chi connectivity index (χ1) is 3.50. The normalized spacial score (nSPS) is 14.2. The minimum atomic E-state index is -0.556. The number of hydrogen-bond donors (Lipinski definition) is 0. The van der Waals surface area contributed by atoms with Crippen LogP contribution in [0.2, 0.25) is 5.04 Å². The zero-order valence-electron chi connectivity index (χ0n) is 6.28. The lowest BCUT2D eigenvalue weighted by Gasteiger charge is -2.25. The van der Waals surface area contributed by atoms with Crippen molar-refractivity contribution in [3.05, 3.63) is 0 Å². The highest BCUT2D eigenvalue weighted by molar-refractivity contribution is 6.35. The standard InChI is InChI=1S/C6H16NSi/c1-5(2)6(3,4)8-7/h5,7H,8H2,1-4H3. The van der Waals surface area contributed by atoms with Crippen LogP contribution in [0.3, 0.4) is 0 Å². The van der Waals surface area contributed by atoms with E-state index in [9.17, 15) is 0 Å². The summed E-state index contributed by atoms with van der Waals surface area (Å²) in [6, 6.07) is 0. The highest BCUT2D eigenvalue weighted by Gasteiger charge is 2.20. The number of nitrogens with one attached hydrogen (secondary N) is 1. The van der Waals surface area contributed by atoms with E-state index < -0.39 is 9.68 Å². The Morgan fingerprint density at radius 1 is 1.38 bits per heavy atom. The Bertz CT molecular complexity index is 68.9. The van der Waals surface area contributed by atoms with Gasteiger partial charge in [-0.15, -0.1) is 0 Å². The minimum Gasteiger partial charge on any atom is -0.292 e. The van der Waals surface area contributed by atoms with E-state index in [1.165, 1.54) is 0 Å². The van der Waals surface area contributed by atoms with Gasteiger partial charge in [0.2, 0.25) is 0 Å². The molecule has 0 spiro atoms. The molecule has 0 aromatic rings. The smallest absolute Gasteiger partial charge is 0.115 e. The Morgan fingerprint density at radius 2 is 1.75 bits per heavy atom. The van der Waals surface area contributed by atoms with E-state index in [0.29, 0.717) is 11.0 Å². The van der Waals surface area contributed by atoms with Crippen LogP contribution >= 0.6 is 0 Å². The molecule has 0 amide bonds. The van der Waals surface area contributed by atoms with Crippen molar-refractivity contribution in [1.82, 2.24) is 5.40 Å². The van der Waals surface area contributed by atoms with E-state index in [2.05, 4.69) is 27.7 Å². The van der Waals surface area contributed by atoms with Crippen LogP contribution in [0.5, 0.6) is 0 Å². The maximum Gasteiger partial charge on any atom is 0.115 e. The molecule has 49 valence electrons. The van der Waals surface area contributed by atoms with Gasteiger partial charge in [-0.25, -0.2) is 0 Å². The highest BCUT2D eigenvalue weighted by Crippen LogP contribution is 2.30. The summed E-state index contributed by atoms with van der Waals surface area (Å²) in [7, 11) is -0.556. The predicted octanol–water partition coefficient (Wildman–Crippen LogP) is 1.21. The molecule has 2 heteroatoms. The van der Waals surface area contributed by atoms with Gasteiger partial charge in [-0.2, -0.15) is 0 Å². The summed E-state index contributed by atoms with van der Waals surface area (Å²) in [5.41, 5.74) is 0. The Labute approximate surface area is 54.6 Å². The molecule has 0 aliphatic heterocycles. The lowest BCUT2D eigenvalue weighted by atomic mass is 9.99. The summed E-state index contributed by atoms with van der Waals surface area (Å²) >= 11 is 0. The molecule has 0 saturated heterocycles. The third-order valence-corrected chi connectivity index (χ3v) is 3.75. The summed E-state index contributed by atoms with van der Waals surface area (Å²) < 4.78 is 0. The molecule has 8 heavy (non-hydrogen) atoms. The molecule has 0 saturated carbocycles. The van der Waals surface area contributed by atoms with E-state index >= 15 is 0 Å². The van der Waals surface area contributed by atoms with Gasteiger partial charge in [0.15, 0.2) is 0 Å². The maximum absolute atomic E-state index is 7.27. The van der Waals surface area contributed by atoms with Gasteiger partial charge in [-0.3, -0.25) is 5.40 Å². The Morgan fingerprint density at radius 3 is 1.75 bits per heavy atom. The van der Waals surface area contributed by atoms with Crippen LogP contribution in [0.15, 0.2) is 0 Å². The van der Waals surface area contributed by atoms with Crippen LogP contribution in [0.25, 0.3) is 0 Å². The zero-order valence-corrected chi connectivity index (χ0v) is 7.70. The molecule has 1 nitrogen and oxygen atoms in total. The van der Waals surface area contributed by atoms with Gasteiger partial charge in [0.1, 0.15) is 9.68 Å². The quantitative estimate of drug-likeness (QED) is 0.502. The molecular weight excluding hydrogens is 114 g/mol. The summed E-state index contributed by atoms with van der Waals surface area (Å²) in [6.45, 7) is 8.77. The average Bonchev–Trinajstić information content (AvgIpc) is 1.67. The van der Waals surface area contributed by atoms with Gasteiger partial charge in [-0.05, 0) is 11.0 Å². The van der Waals surface area contributed by atoms with Crippen LogP contribution in [0.1, 0.15) is 27.7 Å². The molecule has 0 unspecified atom stereocenters. The third-order valence-electron chi connectivity index (χ3n) is 2.02. The maximum atomic E-state index is 7.27. The third kappa shape index (κ3) is 1.97. The second-order valence-corrected chi connectivity index (χ2v) is 5.50. The Balaban J connectivity index is 3.71. The number of rotatable bonds is 2. The molecule has 0 aliphatic rings. The van der Waals surface area contributed by atoms with Gasteiger partial charge in [0, 0.05) is 0 Å². The van der Waals surface area contributed by atoms with Gasteiger partial charge in [0.25, 0.3) is 0 Å². The lowest BCUT2D eigenvalue weighted by molar-refractivity contribution is 0.473. The van der Waals surface area contributed by atoms with Crippen LogP contribution in [-0.4, -0.2) is 9.68 Å². The second kappa shape index (κ2) is 2.64. The van der Waals surface area contributed by atoms with Gasteiger partial charge < -0.3 is 0 Å². The summed E-state index contributed by atoms with van der Waals surface area (Å²) in [6.07, 6.45) is 0. The fraction of sp³-hybridized carbons (Fsp3) is 1.00. The second-order valence-electron chi connectivity index (χ2n) is 3.32. The van der Waals surface area contributed by atoms with Crippen LogP contribution in [-0.2, 0) is 0 Å². The highest BCUT2D eigenvalue weighted by atomic mass is 28.2. The van der Waals surface area contributed by atoms with Crippen molar-refractivity contribution < 1.29 is 0 Å². The fourth-order valence-corrected chi connectivity index (χ4v) is 0.612. The van der Waals surface area contributed by atoms with E-state index in [1.54, 1.807) is 0 Å². The van der Waals surface area contributed by atoms with Crippen LogP contribution in [0.4, 0.5) is 0 Å². The Kier molecular flexibility index (Phi) is 2.70. The molecule has 0 fully saturated rings. The van der Waals surface area contributed by atoms with Gasteiger partial charge in [0.05, 0.1) is 0 Å². The summed E-state index contributed by atoms with van der Waals surface area (Å²) in [5.74, 6) is 0.687. The van der Waals surface area contributed by atoms with Crippen molar-refractivity contribution in [2.45, 2.75) is 32.7 Å². The number of hydrogen-bond acceptors (Lipinski definition) is 0. The van der Waals surface area contributed by atoms with Crippen molar-refractivity contribution in [3.63, 3.8) is 0 Å². The largest absolute Gasteiger partial charge is 0.292 e. The first-order valence-electron chi connectivity index (χ1n) is 3.15. The topological polar surface area (TPSA) is 23.8 Å². The van der Waals surface area contributed by atoms with E-state index in [4.69, 9.17) is 5.40 Å². The molecule has 0 bridgehead atoms. The molecule has 1 radical (unpaired) electrons. The molecule has 0 aliphatic carbocycles. The molecule has 0 rings (SSSR count). The summed E-state index contributed by atoms with van der Waals surface area (Å²) in [4.78, 5) is 0. The van der Waals surface area contributed by atoms with Crippen molar-refractivity contribution in [2.24, 2.45) is 5.92 Å². The molecule has 0 aromatic carbocycles. The minimum absolute atomic E-state index is 0.347. The zero-order chi connectivity index (χ0) is 6.78. The summed E-state index contributed by atoms with van der Waals surface area (Å²) in [5, 5.41) is 7.62. The van der Waals surface area contributed by atoms with Gasteiger partial charge in [-0.1, -0.05) is 27.7 Å². The van der Waals surface area contributed by atoms with Crippen molar-refractivity contribution >= 4 is 9.68 Å². The molecule has 1 N–H and O–H groups in total. The van der Waals surface area contributed by atoms with Crippen molar-refractivity contribution in [1.29, 1.82) is 0 Å². The molecular formula is C6H16NSi. The monoisotopic (exact) mass is 130 g/mol. The SMILES string of the molecule is CC(C)C(C)(C)[SiH2][NH]. The van der Waals surface area contributed by atoms with Gasteiger partial charge >= 0.3 is 0 Å². The van der Waals surface area contributed by atoms with Crippen LogP contribution in [0, 0.1) is 5.92 Å². The van der Waals surface area contributed by atoms with E-state index in [1.807, 2.05) is 0 Å². The van der Waals surface area contributed by atoms with Crippen molar-refractivity contribution in [2.75, 3.05) is 0 Å². The van der Waals surface area contributed by atoms with Crippen molar-refractivity contribution in [3.8, 4) is 0 Å². The van der Waals surface area contributed by atoms with Crippen LogP contribution < -0.4 is 5.40 Å². The van der Waals surface area contributed by atoms with E-state index in [0.717, 1.165) is 0 Å². The Hall–Kier alpha value is 0.177. The molecule has 0 heterocycles. The fourth-order valence-electron chi connectivity index (χ4n) is 0.204. The van der Waals surface area contributed by atoms with E-state index in [-0.39, 0.29) is 0 Å².